The highest BCUT2D eigenvalue weighted by Gasteiger charge is 2.10. The van der Waals surface area contributed by atoms with Crippen LogP contribution in [0.4, 0.5) is 4.79 Å². The van der Waals surface area contributed by atoms with Crippen LogP contribution < -0.4 is 10.6 Å². The summed E-state index contributed by atoms with van der Waals surface area (Å²) in [7, 11) is 1.84. The van der Waals surface area contributed by atoms with Crippen LogP contribution in [0.2, 0.25) is 0 Å². The molecule has 24 heavy (non-hydrogen) atoms. The Morgan fingerprint density at radius 1 is 1.00 bits per heavy atom. The molecule has 126 valence electrons. The SMILES string of the molecule is CN(CC(=O)NC(=O)NCc1ccccc1)Cc1ccc(Br)cc1. The molecule has 2 rings (SSSR count). The monoisotopic (exact) mass is 389 g/mol. The summed E-state index contributed by atoms with van der Waals surface area (Å²) in [5.74, 6) is -0.333. The standard InChI is InChI=1S/C18H20BrN3O2/c1-22(12-15-7-9-16(19)10-8-15)13-17(23)21-18(24)20-11-14-5-3-2-4-6-14/h2-10H,11-13H2,1H3,(H2,20,21,23,24). The second kappa shape index (κ2) is 9.20. The molecule has 0 saturated carbocycles. The van der Waals surface area contributed by atoms with Crippen LogP contribution in [0.3, 0.4) is 0 Å². The van der Waals surface area contributed by atoms with Crippen LogP contribution in [0, 0.1) is 0 Å². The first-order valence-electron chi connectivity index (χ1n) is 7.57. The van der Waals surface area contributed by atoms with E-state index in [-0.39, 0.29) is 12.5 Å². The molecule has 0 spiro atoms. The molecule has 3 amide bonds. The summed E-state index contributed by atoms with van der Waals surface area (Å²) in [4.78, 5) is 25.5. The van der Waals surface area contributed by atoms with Crippen molar-refractivity contribution in [2.75, 3.05) is 13.6 Å². The quantitative estimate of drug-likeness (QED) is 0.798. The highest BCUT2D eigenvalue weighted by atomic mass is 79.9. The van der Waals surface area contributed by atoms with Crippen molar-refractivity contribution in [2.24, 2.45) is 0 Å². The summed E-state index contributed by atoms with van der Waals surface area (Å²) in [5.41, 5.74) is 2.08. The van der Waals surface area contributed by atoms with Gasteiger partial charge in [0.25, 0.3) is 0 Å². The van der Waals surface area contributed by atoms with Crippen molar-refractivity contribution in [1.82, 2.24) is 15.5 Å². The largest absolute Gasteiger partial charge is 0.334 e. The van der Waals surface area contributed by atoms with E-state index in [0.717, 1.165) is 15.6 Å². The van der Waals surface area contributed by atoms with Gasteiger partial charge >= 0.3 is 6.03 Å². The minimum atomic E-state index is -0.485. The second-order valence-electron chi connectivity index (χ2n) is 5.52. The highest BCUT2D eigenvalue weighted by molar-refractivity contribution is 9.10. The van der Waals surface area contributed by atoms with E-state index in [0.29, 0.717) is 13.1 Å². The molecule has 0 radical (unpaired) electrons. The van der Waals surface area contributed by atoms with E-state index in [1.807, 2.05) is 66.5 Å². The van der Waals surface area contributed by atoms with E-state index >= 15 is 0 Å². The Kier molecular flexibility index (Phi) is 6.96. The number of halogens is 1. The molecule has 0 aliphatic carbocycles. The number of carbonyl (C=O) groups excluding carboxylic acids is 2. The number of urea groups is 1. The molecule has 2 aromatic rings. The van der Waals surface area contributed by atoms with Gasteiger partial charge in [0.1, 0.15) is 0 Å². The van der Waals surface area contributed by atoms with Gasteiger partial charge in [-0.3, -0.25) is 15.0 Å². The lowest BCUT2D eigenvalue weighted by molar-refractivity contribution is -0.120. The summed E-state index contributed by atoms with van der Waals surface area (Å²) in [6.07, 6.45) is 0. The van der Waals surface area contributed by atoms with Crippen LogP contribution >= 0.6 is 15.9 Å². The van der Waals surface area contributed by atoms with E-state index in [9.17, 15) is 9.59 Å². The molecule has 0 aliphatic heterocycles. The molecule has 0 atom stereocenters. The molecular formula is C18H20BrN3O2. The summed E-state index contributed by atoms with van der Waals surface area (Å²) in [5, 5.41) is 5.00. The summed E-state index contributed by atoms with van der Waals surface area (Å²) >= 11 is 3.39. The third-order valence-electron chi connectivity index (χ3n) is 3.33. The summed E-state index contributed by atoms with van der Waals surface area (Å²) in [6, 6.07) is 16.9. The fraction of sp³-hybridized carbons (Fsp3) is 0.222. The fourth-order valence-corrected chi connectivity index (χ4v) is 2.46. The normalized spacial score (nSPS) is 10.5. The number of hydrogen-bond donors (Lipinski definition) is 2. The van der Waals surface area contributed by atoms with E-state index in [1.165, 1.54) is 0 Å². The zero-order chi connectivity index (χ0) is 17.4. The first kappa shape index (κ1) is 18.2. The lowest BCUT2D eigenvalue weighted by atomic mass is 10.2. The Hall–Kier alpha value is -2.18. The van der Waals surface area contributed by atoms with E-state index < -0.39 is 6.03 Å². The van der Waals surface area contributed by atoms with Gasteiger partial charge in [-0.25, -0.2) is 4.79 Å². The van der Waals surface area contributed by atoms with Gasteiger partial charge < -0.3 is 5.32 Å². The molecule has 2 aromatic carbocycles. The van der Waals surface area contributed by atoms with Crippen LogP contribution in [0.15, 0.2) is 59.1 Å². The summed E-state index contributed by atoms with van der Waals surface area (Å²) in [6.45, 7) is 1.16. The maximum atomic E-state index is 11.9. The van der Waals surface area contributed by atoms with Gasteiger partial charge in [-0.1, -0.05) is 58.4 Å². The van der Waals surface area contributed by atoms with Crippen molar-refractivity contribution in [1.29, 1.82) is 0 Å². The lowest BCUT2D eigenvalue weighted by Crippen LogP contribution is -2.43. The highest BCUT2D eigenvalue weighted by Crippen LogP contribution is 2.11. The maximum Gasteiger partial charge on any atom is 0.321 e. The second-order valence-corrected chi connectivity index (χ2v) is 6.43. The maximum absolute atomic E-state index is 11.9. The van der Waals surface area contributed by atoms with Gasteiger partial charge in [-0.05, 0) is 30.3 Å². The molecule has 0 unspecified atom stereocenters. The lowest BCUT2D eigenvalue weighted by Gasteiger charge is -2.16. The third-order valence-corrected chi connectivity index (χ3v) is 3.86. The van der Waals surface area contributed by atoms with Gasteiger partial charge in [-0.2, -0.15) is 0 Å². The Morgan fingerprint density at radius 3 is 2.33 bits per heavy atom. The van der Waals surface area contributed by atoms with Crippen LogP contribution in [0.25, 0.3) is 0 Å². The van der Waals surface area contributed by atoms with Crippen LogP contribution in [0.1, 0.15) is 11.1 Å². The van der Waals surface area contributed by atoms with Crippen molar-refractivity contribution in [3.05, 3.63) is 70.2 Å². The van der Waals surface area contributed by atoms with Gasteiger partial charge in [-0.15, -0.1) is 0 Å². The van der Waals surface area contributed by atoms with Gasteiger partial charge in [0.2, 0.25) is 5.91 Å². The predicted molar refractivity (Wildman–Crippen MR) is 97.3 cm³/mol. The number of imide groups is 1. The van der Waals surface area contributed by atoms with Crippen LogP contribution in [0.5, 0.6) is 0 Å². The topological polar surface area (TPSA) is 61.4 Å². The molecule has 0 aromatic heterocycles. The molecule has 0 fully saturated rings. The number of likely N-dealkylation sites (N-methyl/N-ethyl adjacent to an activating group) is 1. The molecule has 0 aliphatic rings. The first-order chi connectivity index (χ1) is 11.5. The molecular weight excluding hydrogens is 370 g/mol. The number of nitrogens with zero attached hydrogens (tertiary/aromatic N) is 1. The number of hydrogen-bond acceptors (Lipinski definition) is 3. The Bertz CT molecular complexity index is 674. The zero-order valence-corrected chi connectivity index (χ0v) is 15.0. The van der Waals surface area contributed by atoms with Crippen molar-refractivity contribution in [2.45, 2.75) is 13.1 Å². The Balaban J connectivity index is 1.71. The van der Waals surface area contributed by atoms with E-state index in [1.54, 1.807) is 0 Å². The van der Waals surface area contributed by atoms with Crippen molar-refractivity contribution >= 4 is 27.9 Å². The molecule has 5 nitrogen and oxygen atoms in total. The average molecular weight is 390 g/mol. The van der Waals surface area contributed by atoms with Crippen molar-refractivity contribution < 1.29 is 9.59 Å². The van der Waals surface area contributed by atoms with Crippen LogP contribution in [-0.2, 0) is 17.9 Å². The summed E-state index contributed by atoms with van der Waals surface area (Å²) < 4.78 is 1.02. The van der Waals surface area contributed by atoms with Gasteiger partial charge in [0.15, 0.2) is 0 Å². The van der Waals surface area contributed by atoms with Crippen molar-refractivity contribution in [3.8, 4) is 0 Å². The van der Waals surface area contributed by atoms with E-state index in [2.05, 4.69) is 26.6 Å². The van der Waals surface area contributed by atoms with E-state index in [4.69, 9.17) is 0 Å². The van der Waals surface area contributed by atoms with Gasteiger partial charge in [0, 0.05) is 17.6 Å². The molecule has 2 N–H and O–H groups in total. The average Bonchev–Trinajstić information content (AvgIpc) is 2.56. The minimum absolute atomic E-state index is 0.148. The number of carbonyl (C=O) groups is 2. The zero-order valence-electron chi connectivity index (χ0n) is 13.5. The number of benzene rings is 2. The van der Waals surface area contributed by atoms with Crippen molar-refractivity contribution in [3.63, 3.8) is 0 Å². The fourth-order valence-electron chi connectivity index (χ4n) is 2.19. The molecule has 0 saturated heterocycles. The minimum Gasteiger partial charge on any atom is -0.334 e. The van der Waals surface area contributed by atoms with Gasteiger partial charge in [0.05, 0.1) is 6.54 Å². The molecule has 6 heteroatoms. The number of nitrogens with one attached hydrogen (secondary N) is 2. The number of amides is 3. The smallest absolute Gasteiger partial charge is 0.321 e. The Labute approximate surface area is 150 Å². The molecule has 0 bridgehead atoms. The molecule has 0 heterocycles. The van der Waals surface area contributed by atoms with Crippen LogP contribution in [-0.4, -0.2) is 30.4 Å². The first-order valence-corrected chi connectivity index (χ1v) is 8.37. The third kappa shape index (κ3) is 6.52. The Morgan fingerprint density at radius 2 is 1.67 bits per heavy atom. The predicted octanol–water partition coefficient (Wildman–Crippen LogP) is 2.91. The number of rotatable bonds is 6.